The third-order valence-electron chi connectivity index (χ3n) is 1.39. The van der Waals surface area contributed by atoms with Crippen molar-refractivity contribution in [1.82, 2.24) is 0 Å². The predicted molar refractivity (Wildman–Crippen MR) is 50.4 cm³/mol. The van der Waals surface area contributed by atoms with Crippen LogP contribution in [0.3, 0.4) is 0 Å². The maximum Gasteiger partial charge on any atom is 0.183 e. The van der Waals surface area contributed by atoms with Gasteiger partial charge in [0, 0.05) is 14.2 Å². The number of hydrogen-bond donors (Lipinski definition) is 0. The summed E-state index contributed by atoms with van der Waals surface area (Å²) in [7, 11) is 3.16. The molecule has 0 atom stereocenters. The molecule has 0 saturated heterocycles. The summed E-state index contributed by atoms with van der Waals surface area (Å²) >= 11 is 0. The molecule has 5 heteroatoms. The molecule has 0 aromatic rings. The van der Waals surface area contributed by atoms with Crippen LogP contribution in [-0.2, 0) is 23.7 Å². The minimum Gasteiger partial charge on any atom is -0.382 e. The highest BCUT2D eigenvalue weighted by atomic mass is 16.5. The molecule has 0 aromatic carbocycles. The van der Waals surface area contributed by atoms with Crippen LogP contribution < -0.4 is 0 Å². The monoisotopic (exact) mass is 206 g/mol. The van der Waals surface area contributed by atoms with Crippen molar-refractivity contribution in [3.05, 3.63) is 0 Å². The van der Waals surface area contributed by atoms with Crippen LogP contribution >= 0.6 is 0 Å². The molecule has 5 nitrogen and oxygen atoms in total. The third kappa shape index (κ3) is 9.60. The zero-order valence-corrected chi connectivity index (χ0v) is 8.78. The minimum absolute atomic E-state index is 0.0720. The van der Waals surface area contributed by atoms with Gasteiger partial charge >= 0.3 is 0 Å². The summed E-state index contributed by atoms with van der Waals surface area (Å²) in [5.74, 6) is -0.0720. The molecule has 0 amide bonds. The maximum absolute atomic E-state index is 11.0. The number of hydrogen-bond acceptors (Lipinski definition) is 5. The van der Waals surface area contributed by atoms with Crippen LogP contribution in [-0.4, -0.2) is 59.6 Å². The molecular weight excluding hydrogens is 188 g/mol. The molecule has 0 heterocycles. The zero-order chi connectivity index (χ0) is 10.6. The highest BCUT2D eigenvalue weighted by Gasteiger charge is 2.01. The van der Waals surface area contributed by atoms with Crippen LogP contribution in [0.25, 0.3) is 0 Å². The highest BCUT2D eigenvalue weighted by molar-refractivity contribution is 5.80. The molecule has 0 spiro atoms. The Hall–Kier alpha value is -0.490. The summed E-state index contributed by atoms with van der Waals surface area (Å²) in [5, 5.41) is 0. The van der Waals surface area contributed by atoms with Gasteiger partial charge in [-0.05, 0) is 0 Å². The van der Waals surface area contributed by atoms with E-state index in [9.17, 15) is 4.79 Å². The first-order valence-electron chi connectivity index (χ1n) is 4.46. The second-order valence-electron chi connectivity index (χ2n) is 2.63. The van der Waals surface area contributed by atoms with E-state index in [4.69, 9.17) is 18.9 Å². The number of Topliss-reactive ketones (excluding diaryl/α,β-unsaturated/α-hetero) is 1. The number of ether oxygens (including phenoxy) is 4. The summed E-state index contributed by atoms with van der Waals surface area (Å²) in [4.78, 5) is 11.0. The number of carbonyl (C=O) groups excluding carboxylic acids is 1. The molecule has 0 radical (unpaired) electrons. The largest absolute Gasteiger partial charge is 0.382 e. The van der Waals surface area contributed by atoms with Crippen LogP contribution in [0, 0.1) is 0 Å². The lowest BCUT2D eigenvalue weighted by molar-refractivity contribution is -0.129. The van der Waals surface area contributed by atoms with Crippen LogP contribution in [0.15, 0.2) is 0 Å². The molecule has 0 fully saturated rings. The third-order valence-corrected chi connectivity index (χ3v) is 1.39. The zero-order valence-electron chi connectivity index (χ0n) is 8.78. The lowest BCUT2D eigenvalue weighted by atomic mass is 10.4. The van der Waals surface area contributed by atoms with Gasteiger partial charge in [0.15, 0.2) is 5.78 Å². The van der Waals surface area contributed by atoms with E-state index >= 15 is 0 Å². The van der Waals surface area contributed by atoms with Crippen LogP contribution in [0.1, 0.15) is 0 Å². The topological polar surface area (TPSA) is 54.0 Å². The van der Waals surface area contributed by atoms with E-state index in [1.54, 1.807) is 14.2 Å². The second kappa shape index (κ2) is 10.6. The lowest BCUT2D eigenvalue weighted by Crippen LogP contribution is -2.18. The van der Waals surface area contributed by atoms with E-state index in [0.29, 0.717) is 26.4 Å². The van der Waals surface area contributed by atoms with Gasteiger partial charge in [-0.3, -0.25) is 4.79 Å². The normalized spacial score (nSPS) is 10.4. The fourth-order valence-corrected chi connectivity index (χ4v) is 0.698. The van der Waals surface area contributed by atoms with Crippen molar-refractivity contribution in [3.63, 3.8) is 0 Å². The summed E-state index contributed by atoms with van der Waals surface area (Å²) in [6.07, 6.45) is 0. The predicted octanol–water partition coefficient (Wildman–Crippen LogP) is -0.119. The van der Waals surface area contributed by atoms with Crippen LogP contribution in [0.4, 0.5) is 0 Å². The molecular formula is C9H18O5. The van der Waals surface area contributed by atoms with Crippen molar-refractivity contribution in [2.75, 3.05) is 53.9 Å². The van der Waals surface area contributed by atoms with Gasteiger partial charge in [0.2, 0.25) is 0 Å². The van der Waals surface area contributed by atoms with Crippen molar-refractivity contribution in [1.29, 1.82) is 0 Å². The molecule has 0 rings (SSSR count). The number of rotatable bonds is 10. The van der Waals surface area contributed by atoms with Crippen molar-refractivity contribution in [3.8, 4) is 0 Å². The second-order valence-corrected chi connectivity index (χ2v) is 2.63. The Kier molecular flexibility index (Phi) is 10.2. The summed E-state index contributed by atoms with van der Waals surface area (Å²) in [6, 6.07) is 0. The molecule has 0 bridgehead atoms. The number of carbonyl (C=O) groups is 1. The molecule has 84 valence electrons. The summed E-state index contributed by atoms with van der Waals surface area (Å²) < 4.78 is 19.5. The first kappa shape index (κ1) is 13.5. The van der Waals surface area contributed by atoms with E-state index in [1.165, 1.54) is 0 Å². The van der Waals surface area contributed by atoms with E-state index < -0.39 is 0 Å². The molecule has 0 unspecified atom stereocenters. The van der Waals surface area contributed by atoms with Crippen LogP contribution in [0.5, 0.6) is 0 Å². The Morgan fingerprint density at radius 1 is 0.857 bits per heavy atom. The Labute approximate surface area is 84.3 Å². The van der Waals surface area contributed by atoms with Crippen molar-refractivity contribution in [2.45, 2.75) is 0 Å². The maximum atomic E-state index is 11.0. The SMILES string of the molecule is COCCOCC(=O)COCCOC. The average molecular weight is 206 g/mol. The van der Waals surface area contributed by atoms with Crippen molar-refractivity contribution < 1.29 is 23.7 Å². The van der Waals surface area contributed by atoms with Gasteiger partial charge < -0.3 is 18.9 Å². The van der Waals surface area contributed by atoms with Gasteiger partial charge in [0.05, 0.1) is 26.4 Å². The van der Waals surface area contributed by atoms with E-state index in [2.05, 4.69) is 0 Å². The van der Waals surface area contributed by atoms with Crippen LogP contribution in [0.2, 0.25) is 0 Å². The molecule has 0 aliphatic carbocycles. The Balaban J connectivity index is 3.11. The fourth-order valence-electron chi connectivity index (χ4n) is 0.698. The quantitative estimate of drug-likeness (QED) is 0.466. The average Bonchev–Trinajstić information content (AvgIpc) is 2.19. The Morgan fingerprint density at radius 3 is 1.64 bits per heavy atom. The Bertz CT molecular complexity index is 123. The van der Waals surface area contributed by atoms with E-state index in [1.807, 2.05) is 0 Å². The van der Waals surface area contributed by atoms with Gasteiger partial charge in [0.1, 0.15) is 13.2 Å². The first-order chi connectivity index (χ1) is 6.81. The van der Waals surface area contributed by atoms with Gasteiger partial charge in [-0.1, -0.05) is 0 Å². The van der Waals surface area contributed by atoms with Gasteiger partial charge in [-0.2, -0.15) is 0 Å². The standard InChI is InChI=1S/C9H18O5/c1-11-3-5-13-7-9(10)8-14-6-4-12-2/h3-8H2,1-2H3. The first-order valence-corrected chi connectivity index (χ1v) is 4.46. The lowest BCUT2D eigenvalue weighted by Gasteiger charge is -2.04. The van der Waals surface area contributed by atoms with Gasteiger partial charge in [-0.25, -0.2) is 0 Å². The van der Waals surface area contributed by atoms with Gasteiger partial charge in [-0.15, -0.1) is 0 Å². The number of methoxy groups -OCH3 is 2. The molecule has 0 N–H and O–H groups in total. The number of ketones is 1. The van der Waals surface area contributed by atoms with E-state index in [-0.39, 0.29) is 19.0 Å². The smallest absolute Gasteiger partial charge is 0.183 e. The highest BCUT2D eigenvalue weighted by Crippen LogP contribution is 1.82. The van der Waals surface area contributed by atoms with Gasteiger partial charge in [0.25, 0.3) is 0 Å². The molecule has 0 aliphatic heterocycles. The summed E-state index contributed by atoms with van der Waals surface area (Å²) in [5.41, 5.74) is 0. The Morgan fingerprint density at radius 2 is 1.29 bits per heavy atom. The molecule has 0 aromatic heterocycles. The molecule has 14 heavy (non-hydrogen) atoms. The van der Waals surface area contributed by atoms with Crippen molar-refractivity contribution >= 4 is 5.78 Å². The van der Waals surface area contributed by atoms with Crippen molar-refractivity contribution in [2.24, 2.45) is 0 Å². The molecule has 0 aliphatic rings. The molecule has 0 saturated carbocycles. The minimum atomic E-state index is -0.0720. The summed E-state index contributed by atoms with van der Waals surface area (Å²) in [6.45, 7) is 2.02. The fraction of sp³-hybridized carbons (Fsp3) is 0.889. The van der Waals surface area contributed by atoms with E-state index in [0.717, 1.165) is 0 Å².